The fourth-order valence-electron chi connectivity index (χ4n) is 3.61. The van der Waals surface area contributed by atoms with Crippen LogP contribution in [-0.4, -0.2) is 47.9 Å². The van der Waals surface area contributed by atoms with Gasteiger partial charge in [0, 0.05) is 32.0 Å². The molecule has 4 heterocycles. The van der Waals surface area contributed by atoms with Gasteiger partial charge in [0.1, 0.15) is 17.7 Å². The molecule has 10 heteroatoms. The van der Waals surface area contributed by atoms with Gasteiger partial charge in [-0.3, -0.25) is 4.79 Å². The number of nitrogens with zero attached hydrogens (tertiary/aromatic N) is 3. The van der Waals surface area contributed by atoms with Gasteiger partial charge in [0.05, 0.1) is 24.0 Å². The van der Waals surface area contributed by atoms with E-state index in [1.165, 1.54) is 12.3 Å². The van der Waals surface area contributed by atoms with E-state index in [9.17, 15) is 18.0 Å². The summed E-state index contributed by atoms with van der Waals surface area (Å²) in [6, 6.07) is 4.81. The number of pyridine rings is 2. The molecule has 0 aliphatic carbocycles. The predicted molar refractivity (Wildman–Crippen MR) is 102 cm³/mol. The first-order chi connectivity index (χ1) is 14.3. The molecule has 160 valence electrons. The summed E-state index contributed by atoms with van der Waals surface area (Å²) in [7, 11) is 0. The Bertz CT molecular complexity index is 926. The van der Waals surface area contributed by atoms with Gasteiger partial charge in [0.25, 0.3) is 5.91 Å². The largest absolute Gasteiger partial charge is 0.489 e. The van der Waals surface area contributed by atoms with Gasteiger partial charge >= 0.3 is 6.18 Å². The molecule has 0 saturated carbocycles. The molecule has 1 N–H and O–H groups in total. The smallest absolute Gasteiger partial charge is 0.422 e. The highest BCUT2D eigenvalue weighted by molar-refractivity contribution is 5.98. The van der Waals surface area contributed by atoms with Crippen molar-refractivity contribution in [2.45, 2.75) is 38.6 Å². The number of piperidine rings is 1. The molecule has 2 aliphatic heterocycles. The third-order valence-electron chi connectivity index (χ3n) is 5.06. The molecular weight excluding hydrogens is 401 g/mol. The van der Waals surface area contributed by atoms with Crippen molar-refractivity contribution in [3.63, 3.8) is 0 Å². The predicted octanol–water partition coefficient (Wildman–Crippen LogP) is 3.02. The molecule has 2 aromatic rings. The summed E-state index contributed by atoms with van der Waals surface area (Å²) in [6.07, 6.45) is -1.52. The molecule has 0 aromatic carbocycles. The fraction of sp³-hybridized carbons (Fsp3) is 0.450. The topological polar surface area (TPSA) is 76.6 Å². The highest BCUT2D eigenvalue weighted by Gasteiger charge is 2.29. The van der Waals surface area contributed by atoms with Crippen LogP contribution >= 0.6 is 0 Å². The van der Waals surface area contributed by atoms with Crippen molar-refractivity contribution in [2.75, 3.05) is 24.6 Å². The summed E-state index contributed by atoms with van der Waals surface area (Å²) in [4.78, 5) is 22.5. The molecule has 0 atom stereocenters. The molecule has 4 rings (SSSR count). The average molecular weight is 422 g/mol. The highest BCUT2D eigenvalue weighted by Crippen LogP contribution is 2.27. The lowest BCUT2D eigenvalue weighted by Crippen LogP contribution is -2.39. The van der Waals surface area contributed by atoms with Crippen LogP contribution in [0.25, 0.3) is 0 Å². The molecule has 7 nitrogen and oxygen atoms in total. The van der Waals surface area contributed by atoms with E-state index in [4.69, 9.17) is 4.74 Å². The Labute approximate surface area is 171 Å². The van der Waals surface area contributed by atoms with Crippen LogP contribution in [0.5, 0.6) is 11.6 Å². The summed E-state index contributed by atoms with van der Waals surface area (Å²) in [5.41, 5.74) is 2.38. The lowest BCUT2D eigenvalue weighted by Gasteiger charge is -2.33. The number of carbonyl (C=O) groups excluding carboxylic acids is 1. The molecule has 0 unspecified atom stereocenters. The standard InChI is InChI=1S/C20H21F3N4O3/c1-12-8-15-16(10-25-19(15)28)26-18(12)27-6-4-13(5-7-27)30-14-2-3-17(24-9-14)29-11-20(21,22)23/h2-3,8-9,13H,4-7,10-11H2,1H3,(H,25,28). The van der Waals surface area contributed by atoms with Crippen molar-refractivity contribution < 1.29 is 27.4 Å². The summed E-state index contributed by atoms with van der Waals surface area (Å²) in [6.45, 7) is 2.53. The van der Waals surface area contributed by atoms with Crippen LogP contribution in [0.15, 0.2) is 24.4 Å². The van der Waals surface area contributed by atoms with Gasteiger partial charge in [-0.2, -0.15) is 13.2 Å². The van der Waals surface area contributed by atoms with Gasteiger partial charge in [0.15, 0.2) is 6.61 Å². The summed E-state index contributed by atoms with van der Waals surface area (Å²) < 4.78 is 47.1. The molecule has 0 radical (unpaired) electrons. The zero-order valence-corrected chi connectivity index (χ0v) is 16.3. The maximum Gasteiger partial charge on any atom is 0.422 e. The Balaban J connectivity index is 1.32. The van der Waals surface area contributed by atoms with Crippen molar-refractivity contribution in [3.8, 4) is 11.6 Å². The second kappa shape index (κ2) is 8.00. The number of ether oxygens (including phenoxy) is 2. The number of alkyl halides is 3. The van der Waals surface area contributed by atoms with E-state index in [1.807, 2.05) is 13.0 Å². The maximum absolute atomic E-state index is 12.2. The Hall–Kier alpha value is -3.04. The first-order valence-corrected chi connectivity index (χ1v) is 9.64. The monoisotopic (exact) mass is 422 g/mol. The van der Waals surface area contributed by atoms with E-state index in [1.54, 1.807) is 6.07 Å². The van der Waals surface area contributed by atoms with E-state index in [0.29, 0.717) is 17.9 Å². The minimum atomic E-state index is -4.40. The first-order valence-electron chi connectivity index (χ1n) is 9.64. The second-order valence-electron chi connectivity index (χ2n) is 7.35. The number of halogens is 3. The Kier molecular flexibility index (Phi) is 5.40. The molecular formula is C20H21F3N4O3. The van der Waals surface area contributed by atoms with Gasteiger partial charge in [-0.05, 0) is 24.6 Å². The van der Waals surface area contributed by atoms with Crippen molar-refractivity contribution in [2.24, 2.45) is 0 Å². The maximum atomic E-state index is 12.2. The van der Waals surface area contributed by atoms with E-state index in [2.05, 4.69) is 24.9 Å². The first kappa shape index (κ1) is 20.2. The SMILES string of the molecule is Cc1cc2c(nc1N1CCC(Oc3ccc(OCC(F)(F)F)nc3)CC1)CNC2=O. The fourth-order valence-corrected chi connectivity index (χ4v) is 3.61. The van der Waals surface area contributed by atoms with Crippen molar-refractivity contribution in [1.29, 1.82) is 0 Å². The van der Waals surface area contributed by atoms with Crippen LogP contribution in [0.2, 0.25) is 0 Å². The number of carbonyl (C=O) groups is 1. The molecule has 0 bridgehead atoms. The number of nitrogens with one attached hydrogen (secondary N) is 1. The van der Waals surface area contributed by atoms with Gasteiger partial charge < -0.3 is 19.7 Å². The van der Waals surface area contributed by atoms with Gasteiger partial charge in [-0.1, -0.05) is 0 Å². The van der Waals surface area contributed by atoms with Crippen LogP contribution < -0.4 is 19.7 Å². The number of hydrogen-bond acceptors (Lipinski definition) is 6. The third kappa shape index (κ3) is 4.58. The zero-order valence-electron chi connectivity index (χ0n) is 16.3. The van der Waals surface area contributed by atoms with Crippen LogP contribution in [0.3, 0.4) is 0 Å². The quantitative estimate of drug-likeness (QED) is 0.798. The van der Waals surface area contributed by atoms with Crippen LogP contribution in [0.4, 0.5) is 19.0 Å². The lowest BCUT2D eigenvalue weighted by atomic mass is 10.1. The molecule has 1 fully saturated rings. The molecule has 2 aliphatic rings. The molecule has 2 aromatic heterocycles. The Morgan fingerprint density at radius 2 is 2.03 bits per heavy atom. The van der Waals surface area contributed by atoms with E-state index >= 15 is 0 Å². The molecule has 1 amide bonds. The minimum Gasteiger partial charge on any atom is -0.489 e. The van der Waals surface area contributed by atoms with E-state index in [-0.39, 0.29) is 17.9 Å². The summed E-state index contributed by atoms with van der Waals surface area (Å²) >= 11 is 0. The number of rotatable bonds is 5. The number of fused-ring (bicyclic) bond motifs is 1. The van der Waals surface area contributed by atoms with E-state index < -0.39 is 12.8 Å². The van der Waals surface area contributed by atoms with Crippen molar-refractivity contribution in [1.82, 2.24) is 15.3 Å². The summed E-state index contributed by atoms with van der Waals surface area (Å²) in [5, 5.41) is 2.79. The lowest BCUT2D eigenvalue weighted by molar-refractivity contribution is -0.154. The number of aromatic nitrogens is 2. The number of hydrogen-bond donors (Lipinski definition) is 1. The summed E-state index contributed by atoms with van der Waals surface area (Å²) in [5.74, 6) is 1.20. The van der Waals surface area contributed by atoms with Gasteiger partial charge in [-0.25, -0.2) is 9.97 Å². The minimum absolute atomic E-state index is 0.0250. The van der Waals surface area contributed by atoms with Crippen LogP contribution in [0, 0.1) is 6.92 Å². The number of anilines is 1. The Morgan fingerprint density at radius 3 is 2.70 bits per heavy atom. The van der Waals surface area contributed by atoms with Gasteiger partial charge in [-0.15, -0.1) is 0 Å². The normalized spacial score (nSPS) is 16.9. The molecule has 30 heavy (non-hydrogen) atoms. The van der Waals surface area contributed by atoms with Crippen LogP contribution in [-0.2, 0) is 6.54 Å². The second-order valence-corrected chi connectivity index (χ2v) is 7.35. The molecule has 0 spiro atoms. The number of amides is 1. The van der Waals surface area contributed by atoms with Crippen LogP contribution in [0.1, 0.15) is 34.5 Å². The van der Waals surface area contributed by atoms with Crippen molar-refractivity contribution in [3.05, 3.63) is 41.2 Å². The highest BCUT2D eigenvalue weighted by atomic mass is 19.4. The average Bonchev–Trinajstić information content (AvgIpc) is 3.07. The Morgan fingerprint density at radius 1 is 1.27 bits per heavy atom. The van der Waals surface area contributed by atoms with Crippen molar-refractivity contribution >= 4 is 11.7 Å². The van der Waals surface area contributed by atoms with E-state index in [0.717, 1.165) is 43.0 Å². The zero-order chi connectivity index (χ0) is 21.3. The third-order valence-corrected chi connectivity index (χ3v) is 5.06. The number of aryl methyl sites for hydroxylation is 1. The molecule has 1 saturated heterocycles. The van der Waals surface area contributed by atoms with Gasteiger partial charge in [0.2, 0.25) is 5.88 Å².